The number of benzene rings is 1. The predicted octanol–water partition coefficient (Wildman–Crippen LogP) is 1.49. The van der Waals surface area contributed by atoms with E-state index < -0.39 is 29.5 Å². The summed E-state index contributed by atoms with van der Waals surface area (Å²) >= 11 is 0. The van der Waals surface area contributed by atoms with Crippen LogP contribution in [0.4, 0.5) is 10.2 Å². The van der Waals surface area contributed by atoms with Crippen molar-refractivity contribution in [2.24, 2.45) is 0 Å². The third kappa shape index (κ3) is 3.65. The van der Waals surface area contributed by atoms with E-state index in [1.54, 1.807) is 19.1 Å². The fraction of sp³-hybridized carbons (Fsp3) is 0.250. The van der Waals surface area contributed by atoms with Crippen molar-refractivity contribution in [1.82, 2.24) is 18.9 Å². The topological polar surface area (TPSA) is 115 Å². The quantitative estimate of drug-likeness (QED) is 0.687. The highest BCUT2D eigenvalue weighted by Crippen LogP contribution is 2.33. The van der Waals surface area contributed by atoms with E-state index in [2.05, 4.69) is 10.4 Å². The lowest BCUT2D eigenvalue weighted by Gasteiger charge is -2.11. The van der Waals surface area contributed by atoms with Crippen molar-refractivity contribution < 1.29 is 9.18 Å². The molecule has 152 valence electrons. The first-order chi connectivity index (χ1) is 14.4. The van der Waals surface area contributed by atoms with Gasteiger partial charge in [-0.25, -0.2) is 18.4 Å². The average molecular weight is 408 g/mol. The highest BCUT2D eigenvalue weighted by Gasteiger charge is 2.27. The predicted molar refractivity (Wildman–Crippen MR) is 105 cm³/mol. The molecule has 1 aliphatic carbocycles. The number of rotatable bonds is 5. The average Bonchev–Trinajstić information content (AvgIpc) is 3.49. The summed E-state index contributed by atoms with van der Waals surface area (Å²) in [5.74, 6) is -0.733. The zero-order valence-electron chi connectivity index (χ0n) is 16.0. The second-order valence-corrected chi connectivity index (χ2v) is 7.07. The Hall–Kier alpha value is -4.00. The van der Waals surface area contributed by atoms with E-state index in [0.29, 0.717) is 17.2 Å². The highest BCUT2D eigenvalue weighted by molar-refractivity contribution is 5.90. The van der Waals surface area contributed by atoms with Crippen molar-refractivity contribution in [2.75, 3.05) is 5.32 Å². The van der Waals surface area contributed by atoms with E-state index in [1.807, 2.05) is 0 Å². The van der Waals surface area contributed by atoms with E-state index in [9.17, 15) is 24.0 Å². The third-order valence-electron chi connectivity index (χ3n) is 4.73. The van der Waals surface area contributed by atoms with Gasteiger partial charge in [-0.05, 0) is 44.0 Å². The minimum absolute atomic E-state index is 0.0536. The van der Waals surface area contributed by atoms with E-state index in [4.69, 9.17) is 0 Å². The molecule has 1 aromatic carbocycles. The first-order valence-electron chi connectivity index (χ1n) is 9.26. The number of carbonyl (C=O) groups excluding carboxylic acids is 1. The summed E-state index contributed by atoms with van der Waals surface area (Å²) in [6.07, 6.45) is 2.82. The normalized spacial score (nSPS) is 13.1. The monoisotopic (exact) mass is 408 g/mol. The van der Waals surface area contributed by atoms with Gasteiger partial charge in [0.1, 0.15) is 29.8 Å². The number of carbonyl (C=O) groups is 1. The summed E-state index contributed by atoms with van der Waals surface area (Å²) in [6, 6.07) is 8.88. The molecule has 1 aliphatic rings. The molecule has 0 bridgehead atoms. The summed E-state index contributed by atoms with van der Waals surface area (Å²) in [4.78, 5) is 37.7. The van der Waals surface area contributed by atoms with Crippen LogP contribution >= 0.6 is 0 Å². The largest absolute Gasteiger partial charge is 0.331 e. The van der Waals surface area contributed by atoms with Crippen LogP contribution in [0.25, 0.3) is 5.69 Å². The van der Waals surface area contributed by atoms with E-state index in [0.717, 1.165) is 17.4 Å². The van der Waals surface area contributed by atoms with Crippen molar-refractivity contribution in [3.63, 3.8) is 0 Å². The first kappa shape index (κ1) is 19.3. The van der Waals surface area contributed by atoms with E-state index >= 15 is 0 Å². The van der Waals surface area contributed by atoms with Gasteiger partial charge in [-0.3, -0.25) is 14.2 Å². The van der Waals surface area contributed by atoms with E-state index in [1.165, 1.54) is 39.7 Å². The molecule has 4 rings (SSSR count). The SMILES string of the molecule is Cc1cc(NC(=O)Cn2c(=O)c(C#N)cn(C3CC3)c2=O)n(-c2ccc(F)cc2)n1. The Morgan fingerprint density at radius 2 is 2.00 bits per heavy atom. The molecule has 2 heterocycles. The molecular weight excluding hydrogens is 391 g/mol. The van der Waals surface area contributed by atoms with Crippen LogP contribution in [0.5, 0.6) is 0 Å². The van der Waals surface area contributed by atoms with Crippen molar-refractivity contribution in [1.29, 1.82) is 5.26 Å². The maximum atomic E-state index is 13.2. The van der Waals surface area contributed by atoms with Gasteiger partial charge < -0.3 is 5.32 Å². The Bertz CT molecular complexity index is 1290. The number of nitrogens with zero attached hydrogens (tertiary/aromatic N) is 5. The summed E-state index contributed by atoms with van der Waals surface area (Å²) in [5, 5.41) is 16.1. The lowest BCUT2D eigenvalue weighted by Crippen LogP contribution is -2.43. The Balaban J connectivity index is 1.63. The fourth-order valence-electron chi connectivity index (χ4n) is 3.15. The Morgan fingerprint density at radius 3 is 2.63 bits per heavy atom. The molecule has 1 saturated carbocycles. The van der Waals surface area contributed by atoms with Crippen LogP contribution in [-0.2, 0) is 11.3 Å². The lowest BCUT2D eigenvalue weighted by atomic mass is 10.3. The minimum Gasteiger partial charge on any atom is -0.309 e. The van der Waals surface area contributed by atoms with Gasteiger partial charge in [-0.15, -0.1) is 0 Å². The third-order valence-corrected chi connectivity index (χ3v) is 4.73. The number of aryl methyl sites for hydroxylation is 1. The van der Waals surface area contributed by atoms with Crippen LogP contribution in [0.3, 0.4) is 0 Å². The molecule has 30 heavy (non-hydrogen) atoms. The zero-order chi connectivity index (χ0) is 21.4. The van der Waals surface area contributed by atoms with Crippen molar-refractivity contribution in [2.45, 2.75) is 32.4 Å². The van der Waals surface area contributed by atoms with Crippen molar-refractivity contribution in [3.8, 4) is 11.8 Å². The highest BCUT2D eigenvalue weighted by atomic mass is 19.1. The standard InChI is InChI=1S/C20H17FN6O3/c1-12-8-17(27(24-12)16-4-2-14(21)3-5-16)23-18(28)11-26-19(29)13(9-22)10-25(20(26)30)15-6-7-15/h2-5,8,10,15H,6-7,11H2,1H3,(H,23,28). The number of hydrogen-bond donors (Lipinski definition) is 1. The van der Waals surface area contributed by atoms with Crippen LogP contribution < -0.4 is 16.6 Å². The van der Waals surface area contributed by atoms with Gasteiger partial charge in [0.2, 0.25) is 5.91 Å². The summed E-state index contributed by atoms with van der Waals surface area (Å²) in [6.45, 7) is 1.18. The Kier molecular flexibility index (Phi) is 4.79. The van der Waals surface area contributed by atoms with Crippen LogP contribution in [0, 0.1) is 24.1 Å². The number of anilines is 1. The maximum Gasteiger partial charge on any atom is 0.331 e. The van der Waals surface area contributed by atoms with Crippen LogP contribution in [-0.4, -0.2) is 24.8 Å². The maximum absolute atomic E-state index is 13.2. The van der Waals surface area contributed by atoms with Crippen LogP contribution in [0.2, 0.25) is 0 Å². The minimum atomic E-state index is -0.808. The molecule has 1 N–H and O–H groups in total. The van der Waals surface area contributed by atoms with Gasteiger partial charge in [0, 0.05) is 18.3 Å². The molecule has 10 heteroatoms. The molecule has 1 fully saturated rings. The Labute approximate surface area is 169 Å². The summed E-state index contributed by atoms with van der Waals surface area (Å²) in [7, 11) is 0. The number of aromatic nitrogens is 4. The van der Waals surface area contributed by atoms with Gasteiger partial charge in [0.25, 0.3) is 5.56 Å². The molecule has 9 nitrogen and oxygen atoms in total. The molecule has 0 saturated heterocycles. The zero-order valence-corrected chi connectivity index (χ0v) is 16.0. The van der Waals surface area contributed by atoms with Gasteiger partial charge >= 0.3 is 5.69 Å². The number of nitrogens with one attached hydrogen (secondary N) is 1. The first-order valence-corrected chi connectivity index (χ1v) is 9.26. The van der Waals surface area contributed by atoms with Gasteiger partial charge in [0.15, 0.2) is 0 Å². The van der Waals surface area contributed by atoms with Crippen molar-refractivity contribution >= 4 is 11.7 Å². The van der Waals surface area contributed by atoms with Gasteiger partial charge in [-0.2, -0.15) is 10.4 Å². The number of hydrogen-bond acceptors (Lipinski definition) is 5. The second-order valence-electron chi connectivity index (χ2n) is 7.07. The Morgan fingerprint density at radius 1 is 1.30 bits per heavy atom. The van der Waals surface area contributed by atoms with E-state index in [-0.39, 0.29) is 11.6 Å². The number of amides is 1. The van der Waals surface area contributed by atoms with Crippen LogP contribution in [0.15, 0.2) is 46.1 Å². The second kappa shape index (κ2) is 7.44. The smallest absolute Gasteiger partial charge is 0.309 e. The molecule has 1 amide bonds. The molecule has 3 aromatic rings. The van der Waals surface area contributed by atoms with Crippen molar-refractivity contribution in [3.05, 3.63) is 74.4 Å². The number of halogens is 1. The van der Waals surface area contributed by atoms with Gasteiger partial charge in [-0.1, -0.05) is 0 Å². The molecular formula is C20H17FN6O3. The molecule has 0 unspecified atom stereocenters. The van der Waals surface area contributed by atoms with Gasteiger partial charge in [0.05, 0.1) is 11.4 Å². The summed E-state index contributed by atoms with van der Waals surface area (Å²) < 4.78 is 16.7. The lowest BCUT2D eigenvalue weighted by molar-refractivity contribution is -0.116. The molecule has 2 aromatic heterocycles. The summed E-state index contributed by atoms with van der Waals surface area (Å²) in [5.41, 5.74) is -0.493. The fourth-order valence-corrected chi connectivity index (χ4v) is 3.15. The molecule has 0 spiro atoms. The molecule has 0 aliphatic heterocycles. The molecule has 0 radical (unpaired) electrons. The van der Waals surface area contributed by atoms with Crippen LogP contribution in [0.1, 0.15) is 30.1 Å². The number of nitriles is 1. The molecule has 0 atom stereocenters.